The summed E-state index contributed by atoms with van der Waals surface area (Å²) >= 11 is 0. The predicted molar refractivity (Wildman–Crippen MR) is 137 cm³/mol. The van der Waals surface area contributed by atoms with Gasteiger partial charge in [0.05, 0.1) is 42.2 Å². The Labute approximate surface area is 228 Å². The number of aliphatic hydroxyl groups excluding tert-OH is 1. The van der Waals surface area contributed by atoms with Crippen LogP contribution in [0.15, 0.2) is 71.7 Å². The first-order chi connectivity index (χ1) is 18.9. The van der Waals surface area contributed by atoms with Gasteiger partial charge in [0.1, 0.15) is 17.7 Å². The maximum Gasteiger partial charge on any atom is 0.416 e. The third-order valence-corrected chi connectivity index (χ3v) is 6.23. The Morgan fingerprint density at radius 2 is 1.85 bits per heavy atom. The Balaban J connectivity index is 1.45. The molecule has 0 spiro atoms. The van der Waals surface area contributed by atoms with E-state index in [1.165, 1.54) is 24.8 Å². The second kappa shape index (κ2) is 10.7. The minimum atomic E-state index is -4.44. The first kappa shape index (κ1) is 27.8. The molecule has 0 bridgehead atoms. The summed E-state index contributed by atoms with van der Waals surface area (Å²) in [4.78, 5) is 4.17. The Bertz CT molecular complexity index is 1430. The highest BCUT2D eigenvalue weighted by Gasteiger charge is 2.42. The van der Waals surface area contributed by atoms with Crippen LogP contribution in [-0.4, -0.2) is 45.1 Å². The van der Waals surface area contributed by atoms with E-state index in [2.05, 4.69) is 15.4 Å². The van der Waals surface area contributed by atoms with Gasteiger partial charge in [-0.05, 0) is 56.7 Å². The summed E-state index contributed by atoms with van der Waals surface area (Å²) in [6.07, 6.45) is -2.84. The molecule has 1 saturated heterocycles. The van der Waals surface area contributed by atoms with Crippen molar-refractivity contribution in [1.29, 1.82) is 0 Å². The molecule has 3 heterocycles. The molecule has 5 rings (SSSR count). The van der Waals surface area contributed by atoms with E-state index in [1.807, 2.05) is 45.0 Å². The van der Waals surface area contributed by atoms with Gasteiger partial charge in [-0.15, -0.1) is 5.10 Å². The van der Waals surface area contributed by atoms with Crippen molar-refractivity contribution in [3.8, 4) is 22.9 Å². The fraction of sp³-hybridized carbons (Fsp3) is 0.357. The summed E-state index contributed by atoms with van der Waals surface area (Å²) < 4.78 is 62.6. The van der Waals surface area contributed by atoms with Gasteiger partial charge in [-0.1, -0.05) is 18.2 Å². The van der Waals surface area contributed by atoms with Gasteiger partial charge in [-0.3, -0.25) is 10.00 Å². The van der Waals surface area contributed by atoms with E-state index in [1.54, 1.807) is 10.7 Å². The Morgan fingerprint density at radius 1 is 1.10 bits per heavy atom. The molecule has 2 aromatic heterocycles. The van der Waals surface area contributed by atoms with Crippen LogP contribution in [0.1, 0.15) is 37.6 Å². The number of oxazole rings is 1. The molecule has 2 N–H and O–H groups in total. The lowest BCUT2D eigenvalue weighted by Gasteiger charge is -2.44. The van der Waals surface area contributed by atoms with E-state index in [9.17, 15) is 18.3 Å². The van der Waals surface area contributed by atoms with E-state index in [0.29, 0.717) is 24.6 Å². The Hall–Kier alpha value is -3.71. The van der Waals surface area contributed by atoms with Crippen molar-refractivity contribution in [2.45, 2.75) is 51.0 Å². The van der Waals surface area contributed by atoms with E-state index in [4.69, 9.17) is 18.6 Å². The molecule has 1 aliphatic rings. The van der Waals surface area contributed by atoms with E-state index >= 15 is 0 Å². The average Bonchev–Trinajstić information content (AvgIpc) is 3.50. The monoisotopic (exact) mass is 558 g/mol. The fourth-order valence-electron chi connectivity index (χ4n) is 4.31. The summed E-state index contributed by atoms with van der Waals surface area (Å²) in [5.41, 5.74) is 0.953. The van der Waals surface area contributed by atoms with Crippen molar-refractivity contribution in [2.75, 3.05) is 13.2 Å². The highest BCUT2D eigenvalue weighted by molar-refractivity contribution is 5.63. The van der Waals surface area contributed by atoms with Gasteiger partial charge >= 0.3 is 6.18 Å². The zero-order valence-corrected chi connectivity index (χ0v) is 22.1. The number of nitrogens with one attached hydrogen (secondary N) is 1. The molecular weight excluding hydrogens is 529 g/mol. The molecule has 4 aromatic rings. The minimum Gasteiger partial charge on any atom is -0.451 e. The number of ether oxygens (including phenoxy) is 3. The van der Waals surface area contributed by atoms with E-state index in [-0.39, 0.29) is 18.2 Å². The molecule has 2 aromatic carbocycles. The maximum absolute atomic E-state index is 13.0. The number of halogens is 3. The smallest absolute Gasteiger partial charge is 0.416 e. The number of aliphatic hydroxyl groups is 1. The normalized spacial score (nSPS) is 16.0. The molecule has 40 heavy (non-hydrogen) atoms. The lowest BCUT2D eigenvalue weighted by atomic mass is 9.86. The molecular formula is C28H29F3N4O5. The number of aromatic nitrogens is 3. The number of rotatable bonds is 9. The van der Waals surface area contributed by atoms with Crippen LogP contribution in [0.5, 0.6) is 11.6 Å². The SMILES string of the molecule is CC(C)(C)OC(O)NC1(c2cccc(-c3cc(Oc4ccc(C(F)(F)F)cc4)nn3Cc3cocn3)c2)COC1. The molecule has 0 radical (unpaired) electrons. The largest absolute Gasteiger partial charge is 0.451 e. The number of alkyl halides is 3. The quantitative estimate of drug-likeness (QED) is 0.267. The number of hydrogen-bond donors (Lipinski definition) is 2. The van der Waals surface area contributed by atoms with Gasteiger partial charge in [0.25, 0.3) is 0 Å². The van der Waals surface area contributed by atoms with Gasteiger partial charge in [0.2, 0.25) is 12.3 Å². The van der Waals surface area contributed by atoms with Gasteiger partial charge in [-0.2, -0.15) is 13.2 Å². The number of nitrogens with zero attached hydrogens (tertiary/aromatic N) is 3. The van der Waals surface area contributed by atoms with Crippen LogP contribution in [-0.2, 0) is 27.7 Å². The first-order valence-corrected chi connectivity index (χ1v) is 12.5. The standard InChI is InChI=1S/C28H29F3N4O5/c1-26(2,3)40-25(36)33-27(15-38-16-27)20-6-4-5-18(11-20)23-12-24(34-35(23)13-21-14-37-17-32-21)39-22-9-7-19(8-10-22)28(29,30)31/h4-12,14,17,25,33,36H,13,15-16H2,1-3H3. The fourth-order valence-corrected chi connectivity index (χ4v) is 4.31. The van der Waals surface area contributed by atoms with Crippen molar-refractivity contribution in [3.05, 3.63) is 84.1 Å². The van der Waals surface area contributed by atoms with Crippen LogP contribution >= 0.6 is 0 Å². The van der Waals surface area contributed by atoms with Crippen molar-refractivity contribution < 1.29 is 36.9 Å². The second-order valence-electron chi connectivity index (χ2n) is 10.5. The van der Waals surface area contributed by atoms with Gasteiger partial charge in [-0.25, -0.2) is 4.98 Å². The van der Waals surface area contributed by atoms with Crippen molar-refractivity contribution in [1.82, 2.24) is 20.1 Å². The second-order valence-corrected chi connectivity index (χ2v) is 10.5. The molecule has 0 aliphatic carbocycles. The molecule has 1 fully saturated rings. The van der Waals surface area contributed by atoms with Crippen LogP contribution in [0.4, 0.5) is 13.2 Å². The van der Waals surface area contributed by atoms with Crippen LogP contribution in [0, 0.1) is 0 Å². The average molecular weight is 559 g/mol. The highest BCUT2D eigenvalue weighted by atomic mass is 19.4. The van der Waals surface area contributed by atoms with Crippen molar-refractivity contribution in [2.24, 2.45) is 0 Å². The lowest BCUT2D eigenvalue weighted by molar-refractivity contribution is -0.216. The number of hydrogen-bond acceptors (Lipinski definition) is 8. The molecule has 12 heteroatoms. The highest BCUT2D eigenvalue weighted by Crippen LogP contribution is 2.35. The molecule has 0 saturated carbocycles. The topological polar surface area (TPSA) is 104 Å². The zero-order chi connectivity index (χ0) is 28.5. The van der Waals surface area contributed by atoms with Crippen LogP contribution in [0.25, 0.3) is 11.3 Å². The van der Waals surface area contributed by atoms with Crippen LogP contribution in [0.3, 0.4) is 0 Å². The van der Waals surface area contributed by atoms with E-state index in [0.717, 1.165) is 23.3 Å². The molecule has 212 valence electrons. The molecule has 1 aliphatic heterocycles. The van der Waals surface area contributed by atoms with Crippen molar-refractivity contribution >= 4 is 0 Å². The maximum atomic E-state index is 13.0. The van der Waals surface area contributed by atoms with Gasteiger partial charge < -0.3 is 23.7 Å². The molecule has 9 nitrogen and oxygen atoms in total. The molecule has 0 amide bonds. The Kier molecular flexibility index (Phi) is 7.44. The summed E-state index contributed by atoms with van der Waals surface area (Å²) in [5, 5.41) is 18.2. The summed E-state index contributed by atoms with van der Waals surface area (Å²) in [5.74, 6) is 0.402. The Morgan fingerprint density at radius 3 is 2.45 bits per heavy atom. The van der Waals surface area contributed by atoms with Crippen molar-refractivity contribution in [3.63, 3.8) is 0 Å². The summed E-state index contributed by atoms with van der Waals surface area (Å²) in [6.45, 7) is 6.48. The van der Waals surface area contributed by atoms with Gasteiger partial charge in [0, 0.05) is 11.6 Å². The third-order valence-electron chi connectivity index (χ3n) is 6.23. The molecule has 1 atom stereocenters. The summed E-state index contributed by atoms with van der Waals surface area (Å²) in [7, 11) is 0. The van der Waals surface area contributed by atoms with Crippen LogP contribution in [0.2, 0.25) is 0 Å². The zero-order valence-electron chi connectivity index (χ0n) is 22.1. The first-order valence-electron chi connectivity index (χ1n) is 12.5. The van der Waals surface area contributed by atoms with Gasteiger partial charge in [0.15, 0.2) is 6.39 Å². The number of benzene rings is 2. The third kappa shape index (κ3) is 6.36. The van der Waals surface area contributed by atoms with E-state index < -0.39 is 29.3 Å². The lowest BCUT2D eigenvalue weighted by Crippen LogP contribution is -2.61. The van der Waals surface area contributed by atoms with Crippen LogP contribution < -0.4 is 10.1 Å². The summed E-state index contributed by atoms with van der Waals surface area (Å²) in [6, 6.07) is 13.8. The predicted octanol–water partition coefficient (Wildman–Crippen LogP) is 5.30. The minimum absolute atomic E-state index is 0.192. The molecule has 1 unspecified atom stereocenters.